The fourth-order valence-corrected chi connectivity index (χ4v) is 3.59. The van der Waals surface area contributed by atoms with E-state index in [1.807, 2.05) is 0 Å². The van der Waals surface area contributed by atoms with Gasteiger partial charge in [0.15, 0.2) is 5.65 Å². The van der Waals surface area contributed by atoms with Crippen LogP contribution in [0.15, 0.2) is 42.6 Å². The van der Waals surface area contributed by atoms with Crippen molar-refractivity contribution in [3.05, 3.63) is 42.6 Å². The van der Waals surface area contributed by atoms with Gasteiger partial charge in [-0.25, -0.2) is 14.3 Å². The maximum Gasteiger partial charge on any atom is 0.573 e. The first kappa shape index (κ1) is 20.8. The van der Waals surface area contributed by atoms with Crippen molar-refractivity contribution in [2.75, 3.05) is 25.0 Å². The van der Waals surface area contributed by atoms with E-state index in [0.717, 1.165) is 12.8 Å². The van der Waals surface area contributed by atoms with Gasteiger partial charge in [-0.3, -0.25) is 0 Å². The molecule has 1 aliphatic rings. The number of rotatable bonds is 5. The largest absolute Gasteiger partial charge is 0.573 e. The topological polar surface area (TPSA) is 92.0 Å². The number of amides is 1. The monoisotopic (exact) mass is 435 g/mol. The van der Waals surface area contributed by atoms with Gasteiger partial charge in [0.25, 0.3) is 0 Å². The maximum absolute atomic E-state index is 12.5. The maximum atomic E-state index is 12.5. The number of halogens is 3. The molecule has 164 valence electrons. The van der Waals surface area contributed by atoms with Crippen LogP contribution in [0.4, 0.5) is 23.8 Å². The Morgan fingerprint density at radius 1 is 1.23 bits per heavy atom. The van der Waals surface area contributed by atoms with Crippen molar-refractivity contribution in [1.82, 2.24) is 19.5 Å². The highest BCUT2D eigenvalue weighted by Gasteiger charge is 2.31. The number of hydrogen-bond acceptors (Lipinski definition) is 5. The molecule has 0 saturated carbocycles. The molecule has 0 unspecified atom stereocenters. The predicted molar refractivity (Wildman–Crippen MR) is 106 cm³/mol. The summed E-state index contributed by atoms with van der Waals surface area (Å²) in [6.07, 6.45) is -2.58. The third-order valence-electron chi connectivity index (χ3n) is 5.18. The van der Waals surface area contributed by atoms with Crippen molar-refractivity contribution in [3.8, 4) is 17.0 Å². The molecule has 3 aromatic rings. The van der Waals surface area contributed by atoms with Gasteiger partial charge < -0.3 is 20.1 Å². The van der Waals surface area contributed by atoms with Crippen molar-refractivity contribution in [3.63, 3.8) is 0 Å². The molecule has 8 nitrogen and oxygen atoms in total. The molecule has 2 N–H and O–H groups in total. The predicted octanol–water partition coefficient (Wildman–Crippen LogP) is 4.10. The fourth-order valence-electron chi connectivity index (χ4n) is 3.59. The van der Waals surface area contributed by atoms with Crippen molar-refractivity contribution >= 4 is 17.6 Å². The molecule has 3 heterocycles. The minimum Gasteiger partial charge on any atom is -0.465 e. The summed E-state index contributed by atoms with van der Waals surface area (Å²) in [5, 5.41) is 16.8. The standard InChI is InChI=1S/C20H20F3N5O3/c21-20(22,23)31-15-3-1-2-14(10-15)16-12-25-18-5-4-17(26-28(16)18)24-11-13-6-8-27(9-7-13)19(29)30/h1-5,10,12-13H,6-9,11H2,(H,24,26)(H,29,30). The van der Waals surface area contributed by atoms with Gasteiger partial charge in [-0.1, -0.05) is 12.1 Å². The number of piperidine rings is 1. The Kier molecular flexibility index (Phi) is 5.57. The first-order valence-electron chi connectivity index (χ1n) is 9.71. The Balaban J connectivity index is 1.48. The summed E-state index contributed by atoms with van der Waals surface area (Å²) in [6.45, 7) is 1.66. The smallest absolute Gasteiger partial charge is 0.465 e. The van der Waals surface area contributed by atoms with Crippen LogP contribution >= 0.6 is 0 Å². The van der Waals surface area contributed by atoms with Crippen LogP contribution in [0, 0.1) is 5.92 Å². The number of ether oxygens (including phenoxy) is 1. The molecule has 1 amide bonds. The Bertz CT molecular complexity index is 1080. The third-order valence-corrected chi connectivity index (χ3v) is 5.18. The summed E-state index contributed by atoms with van der Waals surface area (Å²) >= 11 is 0. The molecule has 31 heavy (non-hydrogen) atoms. The van der Waals surface area contributed by atoms with Crippen molar-refractivity contribution in [1.29, 1.82) is 0 Å². The summed E-state index contributed by atoms with van der Waals surface area (Å²) in [5.74, 6) is 0.601. The number of fused-ring (bicyclic) bond motifs is 1. The lowest BCUT2D eigenvalue weighted by atomic mass is 9.97. The van der Waals surface area contributed by atoms with Crippen LogP contribution in [0.1, 0.15) is 12.8 Å². The van der Waals surface area contributed by atoms with E-state index >= 15 is 0 Å². The quantitative estimate of drug-likeness (QED) is 0.627. The lowest BCUT2D eigenvalue weighted by Gasteiger charge is -2.30. The molecule has 2 aromatic heterocycles. The molecule has 0 radical (unpaired) electrons. The first-order valence-corrected chi connectivity index (χ1v) is 9.71. The van der Waals surface area contributed by atoms with E-state index in [4.69, 9.17) is 5.11 Å². The molecule has 1 saturated heterocycles. The summed E-state index contributed by atoms with van der Waals surface area (Å²) in [7, 11) is 0. The molecule has 0 aliphatic carbocycles. The average molecular weight is 435 g/mol. The molecule has 0 atom stereocenters. The van der Waals surface area contributed by atoms with Crippen LogP contribution in [0.2, 0.25) is 0 Å². The fraction of sp³-hybridized carbons (Fsp3) is 0.350. The van der Waals surface area contributed by atoms with Crippen LogP contribution in [-0.2, 0) is 0 Å². The zero-order chi connectivity index (χ0) is 22.0. The van der Waals surface area contributed by atoms with E-state index < -0.39 is 12.5 Å². The summed E-state index contributed by atoms with van der Waals surface area (Å²) in [5.41, 5.74) is 1.57. The van der Waals surface area contributed by atoms with Crippen LogP contribution in [0.5, 0.6) is 5.75 Å². The van der Waals surface area contributed by atoms with E-state index in [1.54, 1.807) is 28.9 Å². The second kappa shape index (κ2) is 8.32. The van der Waals surface area contributed by atoms with E-state index in [9.17, 15) is 18.0 Å². The molecular formula is C20H20F3N5O3. The zero-order valence-corrected chi connectivity index (χ0v) is 16.3. The summed E-state index contributed by atoms with van der Waals surface area (Å²) < 4.78 is 43.1. The minimum absolute atomic E-state index is 0.318. The molecule has 1 fully saturated rings. The lowest BCUT2D eigenvalue weighted by Crippen LogP contribution is -2.39. The number of nitrogens with zero attached hydrogens (tertiary/aromatic N) is 4. The van der Waals surface area contributed by atoms with Gasteiger partial charge in [-0.15, -0.1) is 18.3 Å². The SMILES string of the molecule is O=C(O)N1CCC(CNc2ccc3ncc(-c4cccc(OC(F)(F)F)c4)n3n2)CC1. The first-order chi connectivity index (χ1) is 14.8. The van der Waals surface area contributed by atoms with Gasteiger partial charge in [0.2, 0.25) is 0 Å². The molecule has 0 spiro atoms. The normalized spacial score (nSPS) is 15.3. The number of nitrogens with one attached hydrogen (secondary N) is 1. The van der Waals surface area contributed by atoms with Crippen LogP contribution in [-0.4, -0.2) is 56.7 Å². The van der Waals surface area contributed by atoms with Crippen molar-refractivity contribution < 1.29 is 27.8 Å². The Morgan fingerprint density at radius 2 is 2.00 bits per heavy atom. The Morgan fingerprint density at radius 3 is 2.71 bits per heavy atom. The molecule has 4 rings (SSSR count). The molecular weight excluding hydrogens is 415 g/mol. The van der Waals surface area contributed by atoms with E-state index in [1.165, 1.54) is 23.1 Å². The highest BCUT2D eigenvalue weighted by atomic mass is 19.4. The minimum atomic E-state index is -4.77. The summed E-state index contributed by atoms with van der Waals surface area (Å²) in [6, 6.07) is 9.20. The number of imidazole rings is 1. The Hall–Kier alpha value is -3.50. The number of alkyl halides is 3. The highest BCUT2D eigenvalue weighted by Crippen LogP contribution is 2.28. The number of aromatic nitrogens is 3. The van der Waals surface area contributed by atoms with Gasteiger partial charge in [0.05, 0.1) is 11.9 Å². The van der Waals surface area contributed by atoms with E-state index in [2.05, 4.69) is 20.1 Å². The number of hydrogen-bond donors (Lipinski definition) is 2. The number of carbonyl (C=O) groups is 1. The zero-order valence-electron chi connectivity index (χ0n) is 16.3. The second-order valence-electron chi connectivity index (χ2n) is 7.30. The molecule has 0 bridgehead atoms. The Labute approximate surface area is 175 Å². The number of benzene rings is 1. The van der Waals surface area contributed by atoms with Gasteiger partial charge in [-0.2, -0.15) is 0 Å². The van der Waals surface area contributed by atoms with E-state index in [0.29, 0.717) is 48.3 Å². The van der Waals surface area contributed by atoms with Crippen LogP contribution < -0.4 is 10.1 Å². The van der Waals surface area contributed by atoms with Gasteiger partial charge >= 0.3 is 12.5 Å². The summed E-state index contributed by atoms with van der Waals surface area (Å²) in [4.78, 5) is 16.7. The second-order valence-corrected chi connectivity index (χ2v) is 7.30. The van der Waals surface area contributed by atoms with E-state index in [-0.39, 0.29) is 5.75 Å². The van der Waals surface area contributed by atoms with Crippen LogP contribution in [0.3, 0.4) is 0 Å². The molecule has 11 heteroatoms. The highest BCUT2D eigenvalue weighted by molar-refractivity contribution is 5.65. The van der Waals surface area contributed by atoms with Gasteiger partial charge in [-0.05, 0) is 43.0 Å². The number of carboxylic acid groups (broad SMARTS) is 1. The third kappa shape index (κ3) is 4.98. The number of likely N-dealkylation sites (tertiary alicyclic amines) is 1. The van der Waals surface area contributed by atoms with Gasteiger partial charge in [0, 0.05) is 25.2 Å². The van der Waals surface area contributed by atoms with Crippen molar-refractivity contribution in [2.45, 2.75) is 19.2 Å². The average Bonchev–Trinajstić information content (AvgIpc) is 3.15. The van der Waals surface area contributed by atoms with Crippen LogP contribution in [0.25, 0.3) is 16.9 Å². The van der Waals surface area contributed by atoms with Crippen molar-refractivity contribution in [2.24, 2.45) is 5.92 Å². The number of anilines is 1. The lowest BCUT2D eigenvalue weighted by molar-refractivity contribution is -0.274. The molecule has 1 aromatic carbocycles. The van der Waals surface area contributed by atoms with Gasteiger partial charge in [0.1, 0.15) is 11.6 Å². The molecule has 1 aliphatic heterocycles.